The molecule has 0 N–H and O–H groups in total. The lowest BCUT2D eigenvalue weighted by molar-refractivity contribution is 0.0521. The van der Waals surface area contributed by atoms with Crippen LogP contribution in [0.15, 0.2) is 30.6 Å². The summed E-state index contributed by atoms with van der Waals surface area (Å²) in [6.07, 6.45) is 6.79. The highest BCUT2D eigenvalue weighted by Gasteiger charge is 2.22. The average Bonchev–Trinajstić information content (AvgIpc) is 2.80. The van der Waals surface area contributed by atoms with E-state index in [-0.39, 0.29) is 12.2 Å². The molecule has 0 saturated carbocycles. The summed E-state index contributed by atoms with van der Waals surface area (Å²) in [5.74, 6) is -0.0771. The highest BCUT2D eigenvalue weighted by atomic mass is 19.1. The number of aromatic nitrogens is 2. The van der Waals surface area contributed by atoms with Crippen molar-refractivity contribution in [3.63, 3.8) is 0 Å². The number of carbonyl (C=O) groups excluding carboxylic acids is 1. The summed E-state index contributed by atoms with van der Waals surface area (Å²) in [4.78, 5) is 25.4. The minimum Gasteiger partial charge on any atom is -0.493 e. The zero-order valence-electron chi connectivity index (χ0n) is 19.2. The van der Waals surface area contributed by atoms with Crippen molar-refractivity contribution in [2.75, 3.05) is 44.3 Å². The molecule has 8 heteroatoms. The number of anilines is 1. The molecule has 1 aromatic carbocycles. The number of hydrogen-bond acceptors (Lipinski definition) is 7. The number of piperazine rings is 1. The summed E-state index contributed by atoms with van der Waals surface area (Å²) in [5.41, 5.74) is 1.10. The Bertz CT molecular complexity index is 870. The molecule has 1 atom stereocenters. The predicted molar refractivity (Wildman–Crippen MR) is 122 cm³/mol. The normalized spacial score (nSPS) is 15.4. The number of carbonyl (C=O) groups is 1. The van der Waals surface area contributed by atoms with Crippen molar-refractivity contribution in [2.45, 2.75) is 46.1 Å². The zero-order valence-corrected chi connectivity index (χ0v) is 19.2. The molecule has 174 valence electrons. The van der Waals surface area contributed by atoms with Gasteiger partial charge in [0.2, 0.25) is 5.95 Å². The molecule has 0 spiro atoms. The molecule has 2 heterocycles. The van der Waals surface area contributed by atoms with E-state index in [1.54, 1.807) is 13.0 Å². The topological polar surface area (TPSA) is 67.8 Å². The Morgan fingerprint density at radius 1 is 1.16 bits per heavy atom. The summed E-state index contributed by atoms with van der Waals surface area (Å²) >= 11 is 0. The minimum atomic E-state index is -0.661. The van der Waals surface area contributed by atoms with Crippen molar-refractivity contribution in [1.82, 2.24) is 14.9 Å². The first-order valence-electron chi connectivity index (χ1n) is 11.4. The van der Waals surface area contributed by atoms with E-state index in [1.807, 2.05) is 12.4 Å². The van der Waals surface area contributed by atoms with Crippen LogP contribution in [0.25, 0.3) is 0 Å². The molecule has 0 radical (unpaired) electrons. The van der Waals surface area contributed by atoms with Gasteiger partial charge in [0.25, 0.3) is 0 Å². The Morgan fingerprint density at radius 2 is 1.88 bits per heavy atom. The smallest absolute Gasteiger partial charge is 0.341 e. The van der Waals surface area contributed by atoms with Gasteiger partial charge in [0, 0.05) is 50.7 Å². The standard InChI is InChI=1S/C24H33FN4O3/c1-4-6-19-16-26-24(27-17-19)29-12-10-28(11-13-29)18(3)9-14-32-20-7-8-21(22(25)15-20)23(30)31-5-2/h7-8,15-18H,4-6,9-14H2,1-3H3. The average molecular weight is 445 g/mol. The zero-order chi connectivity index (χ0) is 22.9. The third-order valence-electron chi connectivity index (χ3n) is 5.69. The third-order valence-corrected chi connectivity index (χ3v) is 5.69. The molecule has 0 aliphatic carbocycles. The minimum absolute atomic E-state index is 0.0746. The molecule has 3 rings (SSSR count). The molecule has 32 heavy (non-hydrogen) atoms. The first-order chi connectivity index (χ1) is 15.5. The van der Waals surface area contributed by atoms with Crippen molar-refractivity contribution < 1.29 is 18.7 Å². The lowest BCUT2D eigenvalue weighted by Gasteiger charge is -2.38. The number of nitrogens with zero attached hydrogens (tertiary/aromatic N) is 4. The largest absolute Gasteiger partial charge is 0.493 e. The second kappa shape index (κ2) is 11.8. The lowest BCUT2D eigenvalue weighted by atomic mass is 10.1. The summed E-state index contributed by atoms with van der Waals surface area (Å²) in [7, 11) is 0. The fourth-order valence-corrected chi connectivity index (χ4v) is 3.78. The van der Waals surface area contributed by atoms with Gasteiger partial charge in [-0.05, 0) is 44.4 Å². The van der Waals surface area contributed by atoms with E-state index in [9.17, 15) is 9.18 Å². The van der Waals surface area contributed by atoms with Gasteiger partial charge in [0.1, 0.15) is 11.6 Å². The van der Waals surface area contributed by atoms with Gasteiger partial charge >= 0.3 is 5.97 Å². The van der Waals surface area contributed by atoms with Crippen LogP contribution in [0.5, 0.6) is 5.75 Å². The number of esters is 1. The maximum absolute atomic E-state index is 14.1. The Labute approximate surface area is 189 Å². The van der Waals surface area contributed by atoms with Crippen molar-refractivity contribution in [1.29, 1.82) is 0 Å². The van der Waals surface area contributed by atoms with Gasteiger partial charge in [-0.25, -0.2) is 19.2 Å². The molecule has 1 fully saturated rings. The molecule has 1 aromatic heterocycles. The third kappa shape index (κ3) is 6.38. The highest BCUT2D eigenvalue weighted by molar-refractivity contribution is 5.89. The maximum atomic E-state index is 14.1. The van der Waals surface area contributed by atoms with Gasteiger partial charge in [-0.2, -0.15) is 0 Å². The molecular weight excluding hydrogens is 411 g/mol. The van der Waals surface area contributed by atoms with Gasteiger partial charge in [0.05, 0.1) is 18.8 Å². The van der Waals surface area contributed by atoms with Crippen LogP contribution in [-0.2, 0) is 11.2 Å². The molecule has 1 saturated heterocycles. The van der Waals surface area contributed by atoms with Gasteiger partial charge in [-0.1, -0.05) is 13.3 Å². The maximum Gasteiger partial charge on any atom is 0.341 e. The summed E-state index contributed by atoms with van der Waals surface area (Å²) in [6, 6.07) is 4.59. The molecule has 0 bridgehead atoms. The van der Waals surface area contributed by atoms with Gasteiger partial charge in [-0.15, -0.1) is 0 Å². The van der Waals surface area contributed by atoms with Gasteiger partial charge < -0.3 is 14.4 Å². The van der Waals surface area contributed by atoms with Crippen LogP contribution < -0.4 is 9.64 Å². The first-order valence-corrected chi connectivity index (χ1v) is 11.4. The van der Waals surface area contributed by atoms with Crippen LogP contribution in [0.2, 0.25) is 0 Å². The number of ether oxygens (including phenoxy) is 2. The van der Waals surface area contributed by atoms with E-state index in [0.717, 1.165) is 51.4 Å². The van der Waals surface area contributed by atoms with Crippen molar-refractivity contribution in [3.8, 4) is 5.75 Å². The Kier molecular flexibility index (Phi) is 8.79. The summed E-state index contributed by atoms with van der Waals surface area (Å²) in [6.45, 7) is 10.3. The fraction of sp³-hybridized carbons (Fsp3) is 0.542. The Hall–Kier alpha value is -2.74. The Morgan fingerprint density at radius 3 is 2.50 bits per heavy atom. The van der Waals surface area contributed by atoms with Crippen LogP contribution in [0.4, 0.5) is 10.3 Å². The van der Waals surface area contributed by atoms with Crippen LogP contribution in [-0.4, -0.2) is 66.3 Å². The number of halogens is 1. The van der Waals surface area contributed by atoms with Crippen molar-refractivity contribution >= 4 is 11.9 Å². The monoisotopic (exact) mass is 444 g/mol. The molecule has 7 nitrogen and oxygen atoms in total. The van der Waals surface area contributed by atoms with Gasteiger partial charge in [-0.3, -0.25) is 4.90 Å². The Balaban J connectivity index is 1.42. The number of rotatable bonds is 10. The van der Waals surface area contributed by atoms with Crippen LogP contribution in [0.3, 0.4) is 0 Å². The predicted octanol–water partition coefficient (Wildman–Crippen LogP) is 3.72. The second-order valence-electron chi connectivity index (χ2n) is 8.01. The molecule has 2 aromatic rings. The summed E-state index contributed by atoms with van der Waals surface area (Å²) < 4.78 is 24.7. The molecule has 1 aliphatic rings. The second-order valence-corrected chi connectivity index (χ2v) is 8.01. The number of hydrogen-bond donors (Lipinski definition) is 0. The van der Waals surface area contributed by atoms with Gasteiger partial charge in [0.15, 0.2) is 0 Å². The SMILES string of the molecule is CCCc1cnc(N2CCN(C(C)CCOc3ccc(C(=O)OCC)c(F)c3)CC2)nc1. The molecule has 1 unspecified atom stereocenters. The van der Waals surface area contributed by atoms with Crippen LogP contribution in [0.1, 0.15) is 49.5 Å². The van der Waals surface area contributed by atoms with E-state index >= 15 is 0 Å². The van der Waals surface area contributed by atoms with Crippen molar-refractivity contribution in [3.05, 3.63) is 47.5 Å². The number of aryl methyl sites for hydroxylation is 1. The van der Waals surface area contributed by atoms with E-state index in [2.05, 4.69) is 33.6 Å². The molecular formula is C24H33FN4O3. The van der Waals surface area contributed by atoms with Crippen LogP contribution >= 0.6 is 0 Å². The van der Waals surface area contributed by atoms with E-state index in [1.165, 1.54) is 17.7 Å². The quantitative estimate of drug-likeness (QED) is 0.517. The molecule has 0 amide bonds. The first kappa shape index (κ1) is 23.9. The fourth-order valence-electron chi connectivity index (χ4n) is 3.78. The van der Waals surface area contributed by atoms with E-state index in [4.69, 9.17) is 9.47 Å². The number of benzene rings is 1. The lowest BCUT2D eigenvalue weighted by Crippen LogP contribution is -2.50. The van der Waals surface area contributed by atoms with E-state index < -0.39 is 11.8 Å². The summed E-state index contributed by atoms with van der Waals surface area (Å²) in [5, 5.41) is 0. The van der Waals surface area contributed by atoms with Crippen LogP contribution in [0, 0.1) is 5.82 Å². The molecule has 1 aliphatic heterocycles. The highest BCUT2D eigenvalue weighted by Crippen LogP contribution is 2.19. The van der Waals surface area contributed by atoms with E-state index in [0.29, 0.717) is 18.4 Å². The van der Waals surface area contributed by atoms with Crippen molar-refractivity contribution in [2.24, 2.45) is 0 Å².